The second-order valence-electron chi connectivity index (χ2n) is 26.6. The van der Waals surface area contributed by atoms with Crippen molar-refractivity contribution >= 4 is 59.4 Å². The number of aliphatic carboxylic acids is 1. The maximum atomic E-state index is 14.8. The minimum Gasteiger partial charge on any atom is -0.481 e. The molecule has 0 saturated heterocycles. The van der Waals surface area contributed by atoms with Gasteiger partial charge in [0.05, 0.1) is 12.0 Å². The third kappa shape index (κ3) is 25.4. The van der Waals surface area contributed by atoms with Crippen molar-refractivity contribution in [3.8, 4) is 0 Å². The van der Waals surface area contributed by atoms with E-state index in [0.717, 1.165) is 5.56 Å². The number of carboxylic acids is 1. The summed E-state index contributed by atoms with van der Waals surface area (Å²) in [5.74, 6) is -8.07. The zero-order valence-electron chi connectivity index (χ0n) is 52.0. The Balaban J connectivity index is 3.55. The van der Waals surface area contributed by atoms with E-state index in [9.17, 15) is 53.1 Å². The largest absolute Gasteiger partial charge is 0.481 e. The predicted octanol–water partition coefficient (Wildman–Crippen LogP) is 8.16. The number of benzene rings is 1. The molecule has 20 heteroatoms. The van der Waals surface area contributed by atoms with E-state index in [-0.39, 0.29) is 43.6 Å². The normalized spacial score (nSPS) is 14.9. The molecule has 1 rings (SSSR count). The van der Waals surface area contributed by atoms with Gasteiger partial charge in [-0.1, -0.05) is 84.9 Å². The van der Waals surface area contributed by atoms with Gasteiger partial charge in [0, 0.05) is 50.8 Å². The first-order valence-electron chi connectivity index (χ1n) is 27.5. The van der Waals surface area contributed by atoms with Crippen molar-refractivity contribution in [2.24, 2.45) is 17.3 Å². The number of carbonyl (C=O) groups excluding carboxylic acids is 9. The van der Waals surface area contributed by atoms with Crippen molar-refractivity contribution in [2.45, 2.75) is 241 Å². The van der Waals surface area contributed by atoms with Gasteiger partial charge in [0.25, 0.3) is 0 Å². The summed E-state index contributed by atoms with van der Waals surface area (Å²) >= 11 is 0. The fraction of sp³-hybridized carbons (Fsp3) is 0.700. The van der Waals surface area contributed by atoms with E-state index in [1.165, 1.54) is 23.8 Å². The summed E-state index contributed by atoms with van der Waals surface area (Å²) in [6.07, 6.45) is -1.38. The monoisotopic (exact) mass is 1130 g/mol. The molecule has 0 bridgehead atoms. The van der Waals surface area contributed by atoms with Gasteiger partial charge >= 0.3 is 30.0 Å². The van der Waals surface area contributed by atoms with Gasteiger partial charge in [-0.15, -0.1) is 0 Å². The molecule has 452 valence electrons. The highest BCUT2D eigenvalue weighted by atomic mass is 16.6. The Morgan fingerprint density at radius 2 is 1.05 bits per heavy atom. The number of carbonyl (C=O) groups is 10. The molecular weight excluding hydrogens is 1030 g/mol. The number of likely N-dealkylation sites (N-methyl/N-ethyl adjacent to an activating group) is 2. The molecule has 0 heterocycles. The summed E-state index contributed by atoms with van der Waals surface area (Å²) in [6.45, 7) is 34.1. The molecule has 0 fully saturated rings. The molecule has 6 atom stereocenters. The number of Topliss-reactive ketones (excluding diaryl/α,β-unsaturated/α-hetero) is 1. The highest BCUT2D eigenvalue weighted by molar-refractivity contribution is 5.97. The highest BCUT2D eigenvalue weighted by Gasteiger charge is 2.46. The molecule has 0 unspecified atom stereocenters. The van der Waals surface area contributed by atoms with Crippen LogP contribution in [0.5, 0.6) is 0 Å². The summed E-state index contributed by atoms with van der Waals surface area (Å²) in [5, 5.41) is 17.4. The molecule has 0 spiro atoms. The van der Waals surface area contributed by atoms with Crippen LogP contribution in [0.25, 0.3) is 0 Å². The molecule has 0 saturated carbocycles. The van der Waals surface area contributed by atoms with Gasteiger partial charge in [-0.25, -0.2) is 14.4 Å². The van der Waals surface area contributed by atoms with Gasteiger partial charge in [-0.3, -0.25) is 38.5 Å². The minimum absolute atomic E-state index is 0.114. The van der Waals surface area contributed by atoms with E-state index in [1.54, 1.807) is 117 Å². The number of ketones is 1. The molecular formula is C60H97N5O15. The molecule has 0 aliphatic heterocycles. The van der Waals surface area contributed by atoms with Crippen LogP contribution in [0, 0.1) is 17.3 Å². The molecule has 20 nitrogen and oxygen atoms in total. The number of ether oxygens (including phenoxy) is 4. The minimum atomic E-state index is -1.36. The van der Waals surface area contributed by atoms with E-state index in [1.807, 2.05) is 58.0 Å². The van der Waals surface area contributed by atoms with E-state index in [0.29, 0.717) is 0 Å². The smallest absolute Gasteiger partial charge is 0.410 e. The number of rotatable bonds is 26. The van der Waals surface area contributed by atoms with Crippen LogP contribution in [0.1, 0.15) is 189 Å². The maximum Gasteiger partial charge on any atom is 0.410 e. The Bertz CT molecular complexity index is 2360. The fourth-order valence-corrected chi connectivity index (χ4v) is 8.48. The third-order valence-electron chi connectivity index (χ3n) is 12.5. The fourth-order valence-electron chi connectivity index (χ4n) is 8.48. The quantitative estimate of drug-likeness (QED) is 0.0387. The summed E-state index contributed by atoms with van der Waals surface area (Å²) in [4.78, 5) is 138. The van der Waals surface area contributed by atoms with Gasteiger partial charge in [0.1, 0.15) is 52.4 Å². The lowest BCUT2D eigenvalue weighted by atomic mass is 9.76. The Hall–Kier alpha value is -6.34. The second-order valence-corrected chi connectivity index (χ2v) is 26.6. The summed E-state index contributed by atoms with van der Waals surface area (Å²) in [6, 6.07) is 3.54. The van der Waals surface area contributed by atoms with Gasteiger partial charge in [-0.05, 0) is 126 Å². The summed E-state index contributed by atoms with van der Waals surface area (Å²) < 4.78 is 22.4. The van der Waals surface area contributed by atoms with Crippen molar-refractivity contribution in [3.63, 3.8) is 0 Å². The topological polar surface area (TPSA) is 270 Å². The molecule has 0 aliphatic carbocycles. The zero-order chi connectivity index (χ0) is 62.3. The molecule has 1 aromatic carbocycles. The number of carboxylic acid groups (broad SMARTS) is 1. The number of hydrogen-bond donors (Lipinski definition) is 4. The average molecular weight is 1130 g/mol. The number of esters is 3. The van der Waals surface area contributed by atoms with Crippen LogP contribution < -0.4 is 16.0 Å². The summed E-state index contributed by atoms with van der Waals surface area (Å²) in [5.41, 5.74) is -4.75. The van der Waals surface area contributed by atoms with Gasteiger partial charge in [-0.2, -0.15) is 0 Å². The number of hydrogen-bond acceptors (Lipinski definition) is 14. The Morgan fingerprint density at radius 3 is 1.50 bits per heavy atom. The van der Waals surface area contributed by atoms with Gasteiger partial charge in [0.15, 0.2) is 0 Å². The maximum absolute atomic E-state index is 14.8. The van der Waals surface area contributed by atoms with Crippen LogP contribution in [0.3, 0.4) is 0 Å². The summed E-state index contributed by atoms with van der Waals surface area (Å²) in [7, 11) is 3.05. The van der Waals surface area contributed by atoms with Gasteiger partial charge in [0.2, 0.25) is 23.6 Å². The Labute approximate surface area is 475 Å². The average Bonchev–Trinajstić information content (AvgIpc) is 3.28. The molecule has 0 aliphatic rings. The van der Waals surface area contributed by atoms with Crippen LogP contribution in [0.15, 0.2) is 42.0 Å². The first kappa shape index (κ1) is 71.7. The molecule has 0 aromatic heterocycles. The lowest BCUT2D eigenvalue weighted by Crippen LogP contribution is -2.63. The third-order valence-corrected chi connectivity index (χ3v) is 12.5. The Kier molecular flexibility index (Phi) is 26.3. The molecule has 80 heavy (non-hydrogen) atoms. The lowest BCUT2D eigenvalue weighted by Gasteiger charge is -2.42. The van der Waals surface area contributed by atoms with Crippen molar-refractivity contribution < 1.29 is 72.0 Å². The van der Waals surface area contributed by atoms with E-state index < -0.39 is 142 Å². The molecule has 1 aromatic rings. The zero-order valence-corrected chi connectivity index (χ0v) is 52.0. The standard InChI is InChI=1S/C60H97N5O15/c1-36(2)43(64(21)50(72)46(55(4,5)6)63-49(71)47(65(22)54(76)80-59(16,17)18)60(19,20)39-26-24-23-25-27-39)34-37(3)48(70)62-42(53(75)79-58(13,14)15)30-29-40(66)35-38(51(73)77-56(7,8)9)28-32-44(67)61-41(31-33-45(68)69)52(74)78-57(10,11)12/h23-27,34,36,38,41-43,46-47H,28-33,35H2,1-22H3,(H,61,67)(H,62,70)(H,63,71)(H,68,69)/b37-34+/t38-,41+,42+,43+,46+,47+/m0/s1. The highest BCUT2D eigenvalue weighted by Crippen LogP contribution is 2.33. The van der Waals surface area contributed by atoms with Gasteiger partial charge < -0.3 is 44.9 Å². The molecule has 0 radical (unpaired) electrons. The number of nitrogens with one attached hydrogen (secondary N) is 3. The number of nitrogens with zero attached hydrogens (tertiary/aromatic N) is 2. The van der Waals surface area contributed by atoms with Crippen LogP contribution >= 0.6 is 0 Å². The lowest BCUT2D eigenvalue weighted by molar-refractivity contribution is -0.162. The van der Waals surface area contributed by atoms with Crippen LogP contribution in [0.2, 0.25) is 0 Å². The van der Waals surface area contributed by atoms with Crippen LogP contribution in [0.4, 0.5) is 4.79 Å². The first-order chi connectivity index (χ1) is 36.2. The SMILES string of the molecule is C/C(=C\[C@H](C(C)C)N(C)C(=O)[C@@H](NC(=O)[C@@H](N(C)C(=O)OC(C)(C)C)C(C)(C)c1ccccc1)C(C)(C)C)C(=O)N[C@H](CCC(=O)C[C@H](CCC(=O)N[C@H](CCC(=O)O)C(=O)OC(C)(C)C)C(=O)OC(C)(C)C)C(=O)OC(C)(C)C. The van der Waals surface area contributed by atoms with Crippen molar-refractivity contribution in [2.75, 3.05) is 14.1 Å². The van der Waals surface area contributed by atoms with Crippen molar-refractivity contribution in [3.05, 3.63) is 47.5 Å². The van der Waals surface area contributed by atoms with Crippen LogP contribution in [-0.2, 0) is 67.5 Å². The first-order valence-corrected chi connectivity index (χ1v) is 27.5. The van der Waals surface area contributed by atoms with E-state index >= 15 is 0 Å². The van der Waals surface area contributed by atoms with Crippen molar-refractivity contribution in [1.82, 2.24) is 25.8 Å². The van der Waals surface area contributed by atoms with E-state index in [2.05, 4.69) is 16.0 Å². The molecule has 4 N–H and O–H groups in total. The molecule has 5 amide bonds. The Morgan fingerprint density at radius 1 is 0.588 bits per heavy atom. The van der Waals surface area contributed by atoms with Crippen molar-refractivity contribution in [1.29, 1.82) is 0 Å². The second kappa shape index (κ2) is 29.4. The van der Waals surface area contributed by atoms with Crippen LogP contribution in [-0.4, -0.2) is 141 Å². The predicted molar refractivity (Wildman–Crippen MR) is 304 cm³/mol. The number of amides is 5. The van der Waals surface area contributed by atoms with E-state index in [4.69, 9.17) is 18.9 Å².